The summed E-state index contributed by atoms with van der Waals surface area (Å²) in [5.74, 6) is 2.85. The Morgan fingerprint density at radius 3 is 2.92 bits per heavy atom. The molecular weight excluding hydrogens is 324 g/mol. The van der Waals surface area contributed by atoms with Crippen molar-refractivity contribution >= 4 is 29.4 Å². The number of nitrogens with one attached hydrogen (secondary N) is 1. The summed E-state index contributed by atoms with van der Waals surface area (Å²) in [6.07, 6.45) is 3.82. The lowest BCUT2D eigenvalue weighted by Crippen LogP contribution is -2.51. The standard InChI is InChI=1S/C17H28N4O2S/c1-4-5-10-24-11-6-8-18-17(23)14(3)21-15-12-13(2)19-20(15)9-7-16(21)22/h12,14H,4-11H2,1-3H3,(H,18,23). The zero-order valence-corrected chi connectivity index (χ0v) is 15.7. The molecule has 1 atom stereocenters. The van der Waals surface area contributed by atoms with E-state index >= 15 is 0 Å². The molecule has 1 unspecified atom stereocenters. The van der Waals surface area contributed by atoms with E-state index in [9.17, 15) is 9.59 Å². The van der Waals surface area contributed by atoms with Crippen molar-refractivity contribution < 1.29 is 9.59 Å². The SMILES string of the molecule is CCCCSCCCNC(=O)C(C)N1C(=O)CCn2nc(C)cc21. The van der Waals surface area contributed by atoms with Crippen LogP contribution in [-0.4, -0.2) is 45.7 Å². The van der Waals surface area contributed by atoms with Gasteiger partial charge in [-0.25, -0.2) is 4.68 Å². The van der Waals surface area contributed by atoms with Crippen molar-refractivity contribution in [2.75, 3.05) is 23.0 Å². The molecule has 1 N–H and O–H groups in total. The highest BCUT2D eigenvalue weighted by atomic mass is 32.2. The molecule has 6 nitrogen and oxygen atoms in total. The first kappa shape index (κ1) is 18.8. The van der Waals surface area contributed by atoms with E-state index in [2.05, 4.69) is 17.3 Å². The largest absolute Gasteiger partial charge is 0.354 e. The fraction of sp³-hybridized carbons (Fsp3) is 0.706. The van der Waals surface area contributed by atoms with Gasteiger partial charge in [-0.05, 0) is 38.2 Å². The Bertz CT molecular complexity index is 573. The Labute approximate surface area is 148 Å². The van der Waals surface area contributed by atoms with Crippen LogP contribution in [0, 0.1) is 6.92 Å². The summed E-state index contributed by atoms with van der Waals surface area (Å²) in [6, 6.07) is 1.35. The summed E-state index contributed by atoms with van der Waals surface area (Å²) in [7, 11) is 0. The highest BCUT2D eigenvalue weighted by molar-refractivity contribution is 7.99. The molecular formula is C17H28N4O2S. The molecule has 0 radical (unpaired) electrons. The van der Waals surface area contributed by atoms with Gasteiger partial charge in [0.15, 0.2) is 0 Å². The number of fused-ring (bicyclic) bond motifs is 1. The smallest absolute Gasteiger partial charge is 0.242 e. The van der Waals surface area contributed by atoms with Gasteiger partial charge in [-0.2, -0.15) is 16.9 Å². The number of nitrogens with zero attached hydrogens (tertiary/aromatic N) is 3. The third-order valence-corrected chi connectivity index (χ3v) is 5.26. The summed E-state index contributed by atoms with van der Waals surface area (Å²) >= 11 is 1.93. The van der Waals surface area contributed by atoms with E-state index in [-0.39, 0.29) is 11.8 Å². The van der Waals surface area contributed by atoms with Crippen molar-refractivity contribution in [3.8, 4) is 0 Å². The molecule has 134 valence electrons. The number of carbonyl (C=O) groups excluding carboxylic acids is 2. The lowest BCUT2D eigenvalue weighted by Gasteiger charge is -2.31. The first-order chi connectivity index (χ1) is 11.5. The van der Waals surface area contributed by atoms with Crippen molar-refractivity contribution in [2.45, 2.75) is 59.0 Å². The predicted octanol–water partition coefficient (Wildman–Crippen LogP) is 2.36. The number of anilines is 1. The fourth-order valence-corrected chi connectivity index (χ4v) is 3.80. The number of carbonyl (C=O) groups is 2. The topological polar surface area (TPSA) is 67.2 Å². The third-order valence-electron chi connectivity index (χ3n) is 4.11. The van der Waals surface area contributed by atoms with Crippen LogP contribution in [0.4, 0.5) is 5.82 Å². The van der Waals surface area contributed by atoms with Crippen molar-refractivity contribution in [2.24, 2.45) is 0 Å². The van der Waals surface area contributed by atoms with E-state index in [1.54, 1.807) is 11.8 Å². The molecule has 0 aromatic carbocycles. The average Bonchev–Trinajstić information content (AvgIpc) is 2.93. The minimum atomic E-state index is -0.514. The van der Waals surface area contributed by atoms with Crippen LogP contribution in [0.2, 0.25) is 0 Å². The van der Waals surface area contributed by atoms with Gasteiger partial charge in [0, 0.05) is 19.0 Å². The quantitative estimate of drug-likeness (QED) is 0.693. The summed E-state index contributed by atoms with van der Waals surface area (Å²) in [5.41, 5.74) is 0.862. The van der Waals surface area contributed by atoms with Gasteiger partial charge >= 0.3 is 0 Å². The zero-order chi connectivity index (χ0) is 17.5. The molecule has 1 aliphatic rings. The highest BCUT2D eigenvalue weighted by Gasteiger charge is 2.32. The lowest BCUT2D eigenvalue weighted by atomic mass is 10.2. The van der Waals surface area contributed by atoms with Gasteiger partial charge in [0.2, 0.25) is 11.8 Å². The molecule has 1 aliphatic heterocycles. The Balaban J connectivity index is 1.83. The van der Waals surface area contributed by atoms with Crippen LogP contribution in [0.3, 0.4) is 0 Å². The summed E-state index contributed by atoms with van der Waals surface area (Å²) in [6.45, 7) is 7.11. The van der Waals surface area contributed by atoms with Gasteiger partial charge < -0.3 is 5.32 Å². The monoisotopic (exact) mass is 352 g/mol. The number of amides is 2. The van der Waals surface area contributed by atoms with Gasteiger partial charge in [-0.1, -0.05) is 13.3 Å². The van der Waals surface area contributed by atoms with Crippen LogP contribution in [-0.2, 0) is 16.1 Å². The van der Waals surface area contributed by atoms with Crippen LogP contribution in [0.15, 0.2) is 6.07 Å². The van der Waals surface area contributed by atoms with Gasteiger partial charge in [0.05, 0.1) is 12.2 Å². The summed E-state index contributed by atoms with van der Waals surface area (Å²) < 4.78 is 1.81. The van der Waals surface area contributed by atoms with Gasteiger partial charge in [0.1, 0.15) is 11.9 Å². The number of unbranched alkanes of at least 4 members (excludes halogenated alkanes) is 1. The number of hydrogen-bond acceptors (Lipinski definition) is 4. The lowest BCUT2D eigenvalue weighted by molar-refractivity contribution is -0.126. The Morgan fingerprint density at radius 2 is 2.17 bits per heavy atom. The van der Waals surface area contributed by atoms with Gasteiger partial charge in [-0.15, -0.1) is 0 Å². The maximum absolute atomic E-state index is 12.4. The van der Waals surface area contributed by atoms with Crippen molar-refractivity contribution in [3.05, 3.63) is 11.8 Å². The second-order valence-corrected chi connectivity index (χ2v) is 7.39. The Hall–Kier alpha value is -1.50. The zero-order valence-electron chi connectivity index (χ0n) is 14.9. The maximum Gasteiger partial charge on any atom is 0.242 e. The van der Waals surface area contributed by atoms with Gasteiger partial charge in [-0.3, -0.25) is 14.5 Å². The summed E-state index contributed by atoms with van der Waals surface area (Å²) in [5, 5.41) is 7.33. The molecule has 1 aromatic heterocycles. The maximum atomic E-state index is 12.4. The highest BCUT2D eigenvalue weighted by Crippen LogP contribution is 2.24. The third kappa shape index (κ3) is 4.75. The molecule has 24 heavy (non-hydrogen) atoms. The molecule has 0 aliphatic carbocycles. The van der Waals surface area contributed by atoms with E-state index in [0.717, 1.165) is 23.7 Å². The van der Waals surface area contributed by atoms with Crippen molar-refractivity contribution in [3.63, 3.8) is 0 Å². The van der Waals surface area contributed by atoms with Crippen molar-refractivity contribution in [1.29, 1.82) is 0 Å². The van der Waals surface area contributed by atoms with E-state index in [0.29, 0.717) is 19.5 Å². The van der Waals surface area contributed by atoms with E-state index in [1.165, 1.54) is 18.6 Å². The minimum Gasteiger partial charge on any atom is -0.354 e. The number of aromatic nitrogens is 2. The average molecular weight is 353 g/mol. The van der Waals surface area contributed by atoms with Crippen LogP contribution >= 0.6 is 11.8 Å². The molecule has 0 saturated heterocycles. The molecule has 0 bridgehead atoms. The summed E-state index contributed by atoms with van der Waals surface area (Å²) in [4.78, 5) is 26.3. The van der Waals surface area contributed by atoms with E-state index in [4.69, 9.17) is 0 Å². The molecule has 0 fully saturated rings. The molecule has 7 heteroatoms. The molecule has 1 aromatic rings. The minimum absolute atomic E-state index is 0.0137. The Kier molecular flexibility index (Phi) is 7.15. The van der Waals surface area contributed by atoms with Crippen LogP contribution < -0.4 is 10.2 Å². The van der Waals surface area contributed by atoms with Gasteiger partial charge in [0.25, 0.3) is 0 Å². The molecule has 2 rings (SSSR count). The second kappa shape index (κ2) is 9.11. The van der Waals surface area contributed by atoms with E-state index < -0.39 is 6.04 Å². The first-order valence-corrected chi connectivity index (χ1v) is 9.92. The van der Waals surface area contributed by atoms with Crippen molar-refractivity contribution in [1.82, 2.24) is 15.1 Å². The second-order valence-electron chi connectivity index (χ2n) is 6.17. The fourth-order valence-electron chi connectivity index (χ4n) is 2.75. The Morgan fingerprint density at radius 1 is 1.42 bits per heavy atom. The number of hydrogen-bond donors (Lipinski definition) is 1. The number of aryl methyl sites for hydroxylation is 2. The number of thioether (sulfide) groups is 1. The number of rotatable bonds is 9. The van der Waals surface area contributed by atoms with Crippen LogP contribution in [0.5, 0.6) is 0 Å². The first-order valence-electron chi connectivity index (χ1n) is 8.76. The van der Waals surface area contributed by atoms with E-state index in [1.807, 2.05) is 29.4 Å². The van der Waals surface area contributed by atoms with Crippen LogP contribution in [0.1, 0.15) is 45.2 Å². The molecule has 2 heterocycles. The normalized spacial score (nSPS) is 15.3. The molecule has 0 saturated carbocycles. The predicted molar refractivity (Wildman–Crippen MR) is 98.4 cm³/mol. The van der Waals surface area contributed by atoms with Crippen LogP contribution in [0.25, 0.3) is 0 Å². The molecule has 2 amide bonds. The molecule has 0 spiro atoms.